The van der Waals surface area contributed by atoms with E-state index < -0.39 is 0 Å². The Hall–Kier alpha value is -2.18. The van der Waals surface area contributed by atoms with Gasteiger partial charge in [-0.2, -0.15) is 5.10 Å². The van der Waals surface area contributed by atoms with Gasteiger partial charge >= 0.3 is 0 Å². The third-order valence-electron chi connectivity index (χ3n) is 3.48. The minimum Gasteiger partial charge on any atom is -0.330 e. The predicted octanol–water partition coefficient (Wildman–Crippen LogP) is 4.52. The van der Waals surface area contributed by atoms with Gasteiger partial charge in [0.25, 0.3) is 5.91 Å². The summed E-state index contributed by atoms with van der Waals surface area (Å²) < 4.78 is 2.71. The van der Waals surface area contributed by atoms with Crippen LogP contribution in [0.4, 0.5) is 0 Å². The Morgan fingerprint density at radius 3 is 2.79 bits per heavy atom. The first-order valence-electron chi connectivity index (χ1n) is 7.40. The van der Waals surface area contributed by atoms with Crippen molar-refractivity contribution in [2.45, 2.75) is 6.54 Å². The van der Waals surface area contributed by atoms with Gasteiger partial charge in [0.05, 0.1) is 24.0 Å². The Morgan fingerprint density at radius 2 is 2.12 bits per heavy atom. The van der Waals surface area contributed by atoms with E-state index in [4.69, 9.17) is 0 Å². The van der Waals surface area contributed by atoms with Crippen molar-refractivity contribution < 1.29 is 4.79 Å². The van der Waals surface area contributed by atoms with Crippen LogP contribution < -0.4 is 0 Å². The lowest BCUT2D eigenvalue weighted by Gasteiger charge is -2.19. The van der Waals surface area contributed by atoms with Gasteiger partial charge in [0.15, 0.2) is 0 Å². The maximum absolute atomic E-state index is 12.8. The second-order valence-corrected chi connectivity index (χ2v) is 7.15. The number of carbonyl (C=O) groups excluding carboxylic acids is 1. The maximum atomic E-state index is 12.8. The quantitative estimate of drug-likeness (QED) is 0.569. The highest BCUT2D eigenvalue weighted by atomic mass is 79.9. The van der Waals surface area contributed by atoms with Crippen molar-refractivity contribution in [3.8, 4) is 5.69 Å². The second kappa shape index (κ2) is 7.59. The lowest BCUT2D eigenvalue weighted by Crippen LogP contribution is -2.30. The summed E-state index contributed by atoms with van der Waals surface area (Å²) in [5.74, 6) is -0.0494. The van der Waals surface area contributed by atoms with Crippen LogP contribution in [0.15, 0.2) is 71.3 Å². The smallest absolute Gasteiger partial charge is 0.257 e. The third kappa shape index (κ3) is 3.83. The average molecular weight is 402 g/mol. The van der Waals surface area contributed by atoms with Gasteiger partial charge in [-0.15, -0.1) is 17.9 Å². The highest BCUT2D eigenvalue weighted by Crippen LogP contribution is 2.17. The molecule has 0 aliphatic carbocycles. The number of aromatic nitrogens is 2. The number of halogens is 1. The van der Waals surface area contributed by atoms with Crippen molar-refractivity contribution in [3.63, 3.8) is 0 Å². The van der Waals surface area contributed by atoms with Gasteiger partial charge in [0.1, 0.15) is 0 Å². The fraction of sp³-hybridized carbons (Fsp3) is 0.111. The SMILES string of the molecule is C=CCN(Cc1cccs1)C(=O)c1cnn(-c2ccc(Br)cc2)c1. The van der Waals surface area contributed by atoms with Crippen molar-refractivity contribution in [2.75, 3.05) is 6.54 Å². The minimum absolute atomic E-state index is 0.0494. The lowest BCUT2D eigenvalue weighted by atomic mass is 10.3. The molecule has 3 rings (SSSR count). The van der Waals surface area contributed by atoms with E-state index in [1.165, 1.54) is 0 Å². The Morgan fingerprint density at radius 1 is 1.33 bits per heavy atom. The molecule has 1 aromatic carbocycles. The molecule has 0 fully saturated rings. The first-order chi connectivity index (χ1) is 11.7. The molecule has 0 atom stereocenters. The first-order valence-corrected chi connectivity index (χ1v) is 9.08. The number of hydrogen-bond acceptors (Lipinski definition) is 3. The molecule has 1 amide bonds. The first kappa shape index (κ1) is 16.7. The molecule has 0 N–H and O–H groups in total. The molecule has 4 nitrogen and oxygen atoms in total. The molecule has 0 bridgehead atoms. The van der Waals surface area contributed by atoms with Gasteiger partial charge in [0, 0.05) is 22.1 Å². The van der Waals surface area contributed by atoms with Crippen LogP contribution in [0, 0.1) is 0 Å². The van der Waals surface area contributed by atoms with Gasteiger partial charge in [-0.05, 0) is 35.7 Å². The zero-order valence-corrected chi connectivity index (χ0v) is 15.3. The van der Waals surface area contributed by atoms with Crippen LogP contribution in [-0.2, 0) is 6.54 Å². The molecule has 6 heteroatoms. The molecule has 122 valence electrons. The third-order valence-corrected chi connectivity index (χ3v) is 4.87. The standard InChI is InChI=1S/C18H16BrN3OS/c1-2-9-21(13-17-4-3-10-24-17)18(23)14-11-20-22(12-14)16-7-5-15(19)6-8-16/h2-8,10-12H,1,9,13H2. The van der Waals surface area contributed by atoms with Gasteiger partial charge < -0.3 is 4.90 Å². The molecule has 2 aromatic heterocycles. The largest absolute Gasteiger partial charge is 0.330 e. The highest BCUT2D eigenvalue weighted by Gasteiger charge is 2.17. The number of amides is 1. The summed E-state index contributed by atoms with van der Waals surface area (Å²) in [6, 6.07) is 11.8. The number of nitrogens with zero attached hydrogens (tertiary/aromatic N) is 3. The Bertz CT molecular complexity index is 824. The molecule has 2 heterocycles. The van der Waals surface area contributed by atoms with Crippen LogP contribution in [-0.4, -0.2) is 27.1 Å². The molecule has 0 radical (unpaired) electrons. The molecule has 0 unspecified atom stereocenters. The summed E-state index contributed by atoms with van der Waals surface area (Å²) >= 11 is 5.05. The Balaban J connectivity index is 1.80. The van der Waals surface area contributed by atoms with E-state index in [0.717, 1.165) is 15.0 Å². The molecular formula is C18H16BrN3OS. The summed E-state index contributed by atoms with van der Waals surface area (Å²) in [6.45, 7) is 4.83. The van der Waals surface area contributed by atoms with Crippen molar-refractivity contribution in [3.05, 3.63) is 81.7 Å². The molecular weight excluding hydrogens is 386 g/mol. The van der Waals surface area contributed by atoms with Crippen LogP contribution in [0.3, 0.4) is 0 Å². The van der Waals surface area contributed by atoms with Gasteiger partial charge in [0.2, 0.25) is 0 Å². The van der Waals surface area contributed by atoms with Crippen LogP contribution in [0.2, 0.25) is 0 Å². The van der Waals surface area contributed by atoms with Gasteiger partial charge in [-0.3, -0.25) is 4.79 Å². The molecule has 0 saturated carbocycles. The molecule has 24 heavy (non-hydrogen) atoms. The number of carbonyl (C=O) groups is 1. The predicted molar refractivity (Wildman–Crippen MR) is 101 cm³/mol. The number of benzene rings is 1. The fourth-order valence-electron chi connectivity index (χ4n) is 2.32. The maximum Gasteiger partial charge on any atom is 0.257 e. The Kier molecular flexibility index (Phi) is 5.27. The lowest BCUT2D eigenvalue weighted by molar-refractivity contribution is 0.0764. The van der Waals surface area contributed by atoms with Crippen LogP contribution in [0.25, 0.3) is 5.69 Å². The number of thiophene rings is 1. The monoisotopic (exact) mass is 401 g/mol. The van der Waals surface area contributed by atoms with E-state index in [2.05, 4.69) is 27.6 Å². The van der Waals surface area contributed by atoms with E-state index in [1.807, 2.05) is 41.8 Å². The van der Waals surface area contributed by atoms with Crippen molar-refractivity contribution >= 4 is 33.2 Å². The molecule has 3 aromatic rings. The van der Waals surface area contributed by atoms with Crippen molar-refractivity contribution in [2.24, 2.45) is 0 Å². The summed E-state index contributed by atoms with van der Waals surface area (Å²) in [6.07, 6.45) is 5.11. The van der Waals surface area contributed by atoms with Gasteiger partial charge in [-0.25, -0.2) is 4.68 Å². The molecule has 0 spiro atoms. The van der Waals surface area contributed by atoms with Crippen LogP contribution in [0.5, 0.6) is 0 Å². The zero-order chi connectivity index (χ0) is 16.9. The summed E-state index contributed by atoms with van der Waals surface area (Å²) in [4.78, 5) is 15.7. The fourth-order valence-corrected chi connectivity index (χ4v) is 3.30. The number of hydrogen-bond donors (Lipinski definition) is 0. The summed E-state index contributed by atoms with van der Waals surface area (Å²) in [7, 11) is 0. The van der Waals surface area contributed by atoms with E-state index in [-0.39, 0.29) is 5.91 Å². The minimum atomic E-state index is -0.0494. The normalized spacial score (nSPS) is 10.5. The molecule has 0 saturated heterocycles. The molecule has 0 aliphatic heterocycles. The summed E-state index contributed by atoms with van der Waals surface area (Å²) in [5.41, 5.74) is 1.47. The topological polar surface area (TPSA) is 38.1 Å². The Labute approximate surface area is 153 Å². The average Bonchev–Trinajstić information content (AvgIpc) is 3.26. The van der Waals surface area contributed by atoms with E-state index in [9.17, 15) is 4.79 Å². The van der Waals surface area contributed by atoms with E-state index in [0.29, 0.717) is 18.7 Å². The van der Waals surface area contributed by atoms with Crippen LogP contribution >= 0.6 is 27.3 Å². The molecule has 0 aliphatic rings. The van der Waals surface area contributed by atoms with Crippen molar-refractivity contribution in [1.82, 2.24) is 14.7 Å². The number of rotatable bonds is 6. The summed E-state index contributed by atoms with van der Waals surface area (Å²) in [5, 5.41) is 6.32. The highest BCUT2D eigenvalue weighted by molar-refractivity contribution is 9.10. The van der Waals surface area contributed by atoms with Gasteiger partial charge in [-0.1, -0.05) is 28.1 Å². The van der Waals surface area contributed by atoms with Crippen molar-refractivity contribution in [1.29, 1.82) is 0 Å². The second-order valence-electron chi connectivity index (χ2n) is 5.20. The zero-order valence-electron chi connectivity index (χ0n) is 12.9. The van der Waals surface area contributed by atoms with E-state index in [1.54, 1.807) is 39.4 Å². The van der Waals surface area contributed by atoms with E-state index >= 15 is 0 Å². The van der Waals surface area contributed by atoms with Crippen LogP contribution in [0.1, 0.15) is 15.2 Å².